The van der Waals surface area contributed by atoms with Gasteiger partial charge in [-0.05, 0) is 24.6 Å². The number of hydrogen-bond acceptors (Lipinski definition) is 2. The van der Waals surface area contributed by atoms with Crippen LogP contribution in [-0.2, 0) is 9.59 Å². The van der Waals surface area contributed by atoms with Crippen molar-refractivity contribution in [2.75, 3.05) is 0 Å². The Morgan fingerprint density at radius 2 is 1.57 bits per heavy atom. The van der Waals surface area contributed by atoms with Crippen LogP contribution >= 0.6 is 15.9 Å². The fourth-order valence-corrected chi connectivity index (χ4v) is 1.07. The van der Waals surface area contributed by atoms with Gasteiger partial charge in [0, 0.05) is 10.9 Å². The van der Waals surface area contributed by atoms with Crippen molar-refractivity contribution in [1.82, 2.24) is 0 Å². The molecule has 2 nitrogen and oxygen atoms in total. The first-order valence-electron chi connectivity index (χ1n) is 3.60. The number of benzene rings is 1. The van der Waals surface area contributed by atoms with Gasteiger partial charge in [-0.15, -0.1) is 0 Å². The van der Waals surface area contributed by atoms with Crippen molar-refractivity contribution in [3.05, 3.63) is 35.4 Å². The van der Waals surface area contributed by atoms with Crippen LogP contribution < -0.4 is 0 Å². The highest BCUT2D eigenvalue weighted by molar-refractivity contribution is 9.09. The highest BCUT2D eigenvalue weighted by Gasteiger charge is 2.04. The maximum absolute atomic E-state index is 12.5. The molecule has 0 aromatic heterocycles. The van der Waals surface area contributed by atoms with Gasteiger partial charge >= 0.3 is 6.15 Å². The molecule has 0 amide bonds. The molecule has 0 saturated carbocycles. The molecular weight excluding hydrogens is 258 g/mol. The Balaban J connectivity index is 0.000000500. The van der Waals surface area contributed by atoms with E-state index in [4.69, 9.17) is 9.59 Å². The van der Waals surface area contributed by atoms with E-state index >= 15 is 0 Å². The quantitative estimate of drug-likeness (QED) is 0.731. The molecule has 1 atom stereocenters. The van der Waals surface area contributed by atoms with Crippen molar-refractivity contribution in [1.29, 1.82) is 0 Å². The van der Waals surface area contributed by atoms with Gasteiger partial charge < -0.3 is 0 Å². The smallest absolute Gasteiger partial charge is 0.207 e. The Morgan fingerprint density at radius 3 is 1.86 bits per heavy atom. The van der Waals surface area contributed by atoms with Gasteiger partial charge in [0.05, 0.1) is 0 Å². The van der Waals surface area contributed by atoms with Gasteiger partial charge in [0.2, 0.25) is 0 Å². The molecule has 1 rings (SSSR count). The van der Waals surface area contributed by atoms with Gasteiger partial charge in [-0.3, -0.25) is 0 Å². The van der Waals surface area contributed by atoms with Crippen LogP contribution in [0.4, 0.5) is 8.78 Å². The Morgan fingerprint density at radius 1 is 1.21 bits per heavy atom. The lowest BCUT2D eigenvalue weighted by Crippen LogP contribution is -1.87. The van der Waals surface area contributed by atoms with Crippen LogP contribution in [0.5, 0.6) is 0 Å². The summed E-state index contributed by atoms with van der Waals surface area (Å²) < 4.78 is 25.1. The van der Waals surface area contributed by atoms with Gasteiger partial charge in [0.25, 0.3) is 0 Å². The monoisotopic (exact) mass is 264 g/mol. The SMILES string of the molecule is CC(Br)c1cc(F)cc(F)c1.O=C=O. The lowest BCUT2D eigenvalue weighted by atomic mass is 10.2. The summed E-state index contributed by atoms with van der Waals surface area (Å²) in [5, 5.41) is 0. The second-order valence-corrected chi connectivity index (χ2v) is 3.78. The molecule has 0 bridgehead atoms. The zero-order valence-electron chi connectivity index (χ0n) is 7.26. The molecule has 14 heavy (non-hydrogen) atoms. The third-order valence-electron chi connectivity index (χ3n) is 1.34. The number of alkyl halides is 1. The van der Waals surface area contributed by atoms with Gasteiger partial charge in [-0.2, -0.15) is 9.59 Å². The molecule has 0 aliphatic carbocycles. The second-order valence-electron chi connectivity index (χ2n) is 2.40. The maximum Gasteiger partial charge on any atom is 0.373 e. The lowest BCUT2D eigenvalue weighted by molar-refractivity contribution is -0.191. The number of hydrogen-bond donors (Lipinski definition) is 0. The summed E-state index contributed by atoms with van der Waals surface area (Å²) >= 11 is 3.22. The van der Waals surface area contributed by atoms with E-state index in [9.17, 15) is 8.78 Å². The Kier molecular flexibility index (Phi) is 5.92. The number of halogens is 3. The first-order chi connectivity index (χ1) is 6.51. The van der Waals surface area contributed by atoms with Crippen LogP contribution in [0.1, 0.15) is 17.3 Å². The highest BCUT2D eigenvalue weighted by atomic mass is 79.9. The van der Waals surface area contributed by atoms with Crippen molar-refractivity contribution in [3.63, 3.8) is 0 Å². The third kappa shape index (κ3) is 4.84. The van der Waals surface area contributed by atoms with Crippen LogP contribution in [0.3, 0.4) is 0 Å². The fourth-order valence-electron chi connectivity index (χ4n) is 0.805. The summed E-state index contributed by atoms with van der Waals surface area (Å²) in [6.07, 6.45) is 0.250. The third-order valence-corrected chi connectivity index (χ3v) is 1.87. The van der Waals surface area contributed by atoms with Crippen molar-refractivity contribution in [3.8, 4) is 0 Å². The highest BCUT2D eigenvalue weighted by Crippen LogP contribution is 2.22. The molecule has 0 saturated heterocycles. The van der Waals surface area contributed by atoms with E-state index < -0.39 is 11.6 Å². The minimum Gasteiger partial charge on any atom is -0.207 e. The zero-order chi connectivity index (χ0) is 11.1. The molecule has 0 fully saturated rings. The van der Waals surface area contributed by atoms with Crippen LogP contribution in [0.25, 0.3) is 0 Å². The van der Waals surface area contributed by atoms with Crippen molar-refractivity contribution < 1.29 is 18.4 Å². The first kappa shape index (κ1) is 12.9. The van der Waals surface area contributed by atoms with E-state index in [0.29, 0.717) is 5.56 Å². The van der Waals surface area contributed by atoms with Crippen LogP contribution in [0.15, 0.2) is 18.2 Å². The fraction of sp³-hybridized carbons (Fsp3) is 0.222. The minimum absolute atomic E-state index is 0.0206. The molecule has 1 unspecified atom stereocenters. The molecule has 0 aliphatic rings. The zero-order valence-corrected chi connectivity index (χ0v) is 8.85. The molecule has 1 aromatic rings. The van der Waals surface area contributed by atoms with Gasteiger partial charge in [0.1, 0.15) is 11.6 Å². The summed E-state index contributed by atoms with van der Waals surface area (Å²) in [4.78, 5) is 16.2. The Bertz CT molecular complexity index is 313. The van der Waals surface area contributed by atoms with E-state index in [0.717, 1.165) is 6.07 Å². The molecule has 0 radical (unpaired) electrons. The van der Waals surface area contributed by atoms with Crippen LogP contribution in [0.2, 0.25) is 0 Å². The average molecular weight is 265 g/mol. The molecule has 76 valence electrons. The lowest BCUT2D eigenvalue weighted by Gasteiger charge is -2.02. The topological polar surface area (TPSA) is 34.1 Å². The maximum atomic E-state index is 12.5. The van der Waals surface area contributed by atoms with Gasteiger partial charge in [-0.25, -0.2) is 8.78 Å². The predicted octanol–water partition coefficient (Wildman–Crippen LogP) is 2.84. The average Bonchev–Trinajstić information content (AvgIpc) is 2.03. The van der Waals surface area contributed by atoms with Gasteiger partial charge in [0.15, 0.2) is 0 Å². The van der Waals surface area contributed by atoms with E-state index in [1.807, 2.05) is 6.92 Å². The summed E-state index contributed by atoms with van der Waals surface area (Å²) in [7, 11) is 0. The first-order valence-corrected chi connectivity index (χ1v) is 4.52. The van der Waals surface area contributed by atoms with Crippen molar-refractivity contribution in [2.45, 2.75) is 11.8 Å². The molecule has 0 N–H and O–H groups in total. The van der Waals surface area contributed by atoms with Crippen LogP contribution in [-0.4, -0.2) is 6.15 Å². The summed E-state index contributed by atoms with van der Waals surface area (Å²) in [6, 6.07) is 3.48. The van der Waals surface area contributed by atoms with Crippen molar-refractivity contribution >= 4 is 22.1 Å². The summed E-state index contributed by atoms with van der Waals surface area (Å²) in [5.74, 6) is -1.07. The number of carbonyl (C=O) groups excluding carboxylic acids is 2. The normalized spacial score (nSPS) is 10.9. The molecular formula is C9H7BrF2O2. The van der Waals surface area contributed by atoms with Gasteiger partial charge in [-0.1, -0.05) is 15.9 Å². The molecule has 0 spiro atoms. The Labute approximate surface area is 88.1 Å². The predicted molar refractivity (Wildman–Crippen MR) is 48.7 cm³/mol. The molecule has 0 heterocycles. The van der Waals surface area contributed by atoms with Crippen LogP contribution in [0, 0.1) is 11.6 Å². The number of rotatable bonds is 1. The largest absolute Gasteiger partial charge is 0.373 e. The van der Waals surface area contributed by atoms with Crippen molar-refractivity contribution in [2.24, 2.45) is 0 Å². The Hall–Kier alpha value is -1.06. The summed E-state index contributed by atoms with van der Waals surface area (Å²) in [6.45, 7) is 1.81. The second kappa shape index (κ2) is 6.40. The van der Waals surface area contributed by atoms with E-state index in [-0.39, 0.29) is 11.0 Å². The molecule has 0 aliphatic heterocycles. The standard InChI is InChI=1S/C8H7BrF2.CO2/c1-5(9)6-2-7(10)4-8(11)3-6;2-1-3/h2-5H,1H3;. The molecule has 1 aromatic carbocycles. The van der Waals surface area contributed by atoms with E-state index in [1.165, 1.54) is 12.1 Å². The van der Waals surface area contributed by atoms with E-state index in [2.05, 4.69) is 15.9 Å². The summed E-state index contributed by atoms with van der Waals surface area (Å²) in [5.41, 5.74) is 0.613. The van der Waals surface area contributed by atoms with E-state index in [1.54, 1.807) is 0 Å². The minimum atomic E-state index is -0.536. The molecule has 5 heteroatoms.